The molecule has 0 aliphatic carbocycles. The molecule has 0 amide bonds. The van der Waals surface area contributed by atoms with Crippen LogP contribution in [0.4, 0.5) is 0 Å². The number of halogens is 2. The Labute approximate surface area is 182 Å². The second-order valence-corrected chi connectivity index (χ2v) is 6.88. The zero-order valence-corrected chi connectivity index (χ0v) is 16.6. The first-order valence-electron chi connectivity index (χ1n) is 8.23. The molecule has 0 spiro atoms. The van der Waals surface area contributed by atoms with E-state index in [4.69, 9.17) is 38.8 Å². The number of rotatable bonds is 5. The summed E-state index contributed by atoms with van der Waals surface area (Å²) in [6.45, 7) is 2.16. The summed E-state index contributed by atoms with van der Waals surface area (Å²) in [5, 5.41) is 15.3. The van der Waals surface area contributed by atoms with Gasteiger partial charge in [-0.2, -0.15) is 0 Å². The topological polar surface area (TPSA) is 72.5 Å². The van der Waals surface area contributed by atoms with Crippen LogP contribution in [-0.2, 0) is 6.42 Å². The van der Waals surface area contributed by atoms with Crippen LogP contribution in [0, 0.1) is 16.9 Å². The molecule has 8 heteroatoms. The van der Waals surface area contributed by atoms with Crippen molar-refractivity contribution in [3.05, 3.63) is 51.2 Å². The fraction of sp³-hybridized carbons (Fsp3) is 0.316. The molecule has 0 unspecified atom stereocenters. The standard InChI is InChI=1S/C19H18Cl2N4O.Li.H/c20-15-1-2-19-13(7-15)8-17(12-26-19)25-5-3-16(4-6-25)24-11-14(9-22)18(21)10-23;;/h1-2,7,9-10,17,22-23H,3,5-6,8,12H2;;/q-2;+1;-1/b18-14-,22-9?,23-10?;;/t17-;;/m1../s1. The van der Waals surface area contributed by atoms with Crippen LogP contribution in [-0.4, -0.2) is 49.3 Å². The molecule has 5 nitrogen and oxygen atoms in total. The number of hydrogen-bond acceptors (Lipinski definition) is 5. The zero-order valence-electron chi connectivity index (χ0n) is 16.1. The van der Waals surface area contributed by atoms with E-state index in [-0.39, 0.29) is 36.9 Å². The molecule has 138 valence electrons. The SMILES string of the molecule is N=C/C(Cl)=C(/[C-]=NC1=[C-]CN([C@H]2COc3ccc(Cl)cc3C2)CC1)C=N.[H-].[Li+]. The Balaban J connectivity index is 0.00000196. The molecule has 0 aromatic heterocycles. The molecule has 2 N–H and O–H groups in total. The molecule has 2 aliphatic rings. The fourth-order valence-electron chi connectivity index (χ4n) is 2.96. The third kappa shape index (κ3) is 5.57. The van der Waals surface area contributed by atoms with E-state index < -0.39 is 0 Å². The van der Waals surface area contributed by atoms with Gasteiger partial charge in [0.2, 0.25) is 0 Å². The molecule has 0 saturated carbocycles. The first-order valence-corrected chi connectivity index (χ1v) is 8.98. The van der Waals surface area contributed by atoms with Crippen molar-refractivity contribution < 1.29 is 25.0 Å². The molecule has 3 rings (SSSR count). The Morgan fingerprint density at radius 1 is 1.41 bits per heavy atom. The van der Waals surface area contributed by atoms with Crippen LogP contribution in [0.25, 0.3) is 0 Å². The fourth-order valence-corrected chi connectivity index (χ4v) is 3.25. The van der Waals surface area contributed by atoms with Crippen LogP contribution in [0.15, 0.2) is 39.5 Å². The summed E-state index contributed by atoms with van der Waals surface area (Å²) in [6, 6.07) is 6.02. The number of nitrogens with one attached hydrogen (secondary N) is 2. The van der Waals surface area contributed by atoms with E-state index in [1.807, 2.05) is 18.2 Å². The van der Waals surface area contributed by atoms with Gasteiger partial charge in [-0.15, -0.1) is 18.1 Å². The Bertz CT molecular complexity index is 813. The summed E-state index contributed by atoms with van der Waals surface area (Å²) in [5.41, 5.74) is 2.21. The number of ether oxygens (including phenoxy) is 1. The van der Waals surface area contributed by atoms with Crippen molar-refractivity contribution in [2.45, 2.75) is 18.9 Å². The van der Waals surface area contributed by atoms with Gasteiger partial charge in [-0.3, -0.25) is 0 Å². The maximum absolute atomic E-state index is 7.30. The van der Waals surface area contributed by atoms with Crippen molar-refractivity contribution in [1.82, 2.24) is 4.90 Å². The van der Waals surface area contributed by atoms with Gasteiger partial charge >= 0.3 is 18.9 Å². The van der Waals surface area contributed by atoms with Gasteiger partial charge in [0.05, 0.1) is 0 Å². The number of benzene rings is 1. The molecule has 2 aliphatic heterocycles. The van der Waals surface area contributed by atoms with Crippen LogP contribution in [0.1, 0.15) is 13.4 Å². The summed E-state index contributed by atoms with van der Waals surface area (Å²) in [7, 11) is 0. The van der Waals surface area contributed by atoms with E-state index >= 15 is 0 Å². The largest absolute Gasteiger partial charge is 1.00 e. The zero-order chi connectivity index (χ0) is 18.5. The Morgan fingerprint density at radius 3 is 2.89 bits per heavy atom. The molecular weight excluding hydrogens is 378 g/mol. The summed E-state index contributed by atoms with van der Waals surface area (Å²) in [4.78, 5) is 6.55. The number of allylic oxidation sites excluding steroid dienone is 2. The van der Waals surface area contributed by atoms with E-state index in [1.54, 1.807) is 0 Å². The van der Waals surface area contributed by atoms with E-state index in [2.05, 4.69) is 22.2 Å². The number of nitrogens with zero attached hydrogens (tertiary/aromatic N) is 2. The van der Waals surface area contributed by atoms with Gasteiger partial charge < -0.3 is 33.0 Å². The summed E-state index contributed by atoms with van der Waals surface area (Å²) in [6.07, 6.45) is 9.64. The second-order valence-electron chi connectivity index (χ2n) is 6.04. The minimum atomic E-state index is 0. The van der Waals surface area contributed by atoms with Crippen molar-refractivity contribution in [3.63, 3.8) is 0 Å². The van der Waals surface area contributed by atoms with Crippen LogP contribution in [0.2, 0.25) is 5.02 Å². The molecule has 2 heterocycles. The normalized spacial score (nSPS) is 20.7. The molecule has 1 aromatic carbocycles. The summed E-state index contributed by atoms with van der Waals surface area (Å²) < 4.78 is 5.87. The van der Waals surface area contributed by atoms with Crippen LogP contribution < -0.4 is 23.6 Å². The van der Waals surface area contributed by atoms with Gasteiger partial charge in [0.15, 0.2) is 0 Å². The van der Waals surface area contributed by atoms with Crippen molar-refractivity contribution in [1.29, 1.82) is 10.8 Å². The van der Waals surface area contributed by atoms with Gasteiger partial charge in [0.25, 0.3) is 0 Å². The summed E-state index contributed by atoms with van der Waals surface area (Å²) >= 11 is 11.9. The van der Waals surface area contributed by atoms with E-state index in [1.165, 1.54) is 0 Å². The van der Waals surface area contributed by atoms with E-state index in [0.29, 0.717) is 13.2 Å². The third-order valence-electron chi connectivity index (χ3n) is 4.39. The van der Waals surface area contributed by atoms with Gasteiger partial charge in [0.1, 0.15) is 12.4 Å². The summed E-state index contributed by atoms with van der Waals surface area (Å²) in [5.74, 6) is 0.913. The molecule has 0 bridgehead atoms. The van der Waals surface area contributed by atoms with Gasteiger partial charge in [-0.25, -0.2) is 5.70 Å². The Morgan fingerprint density at radius 2 is 2.22 bits per heavy atom. The molecule has 27 heavy (non-hydrogen) atoms. The van der Waals surface area contributed by atoms with Crippen molar-refractivity contribution in [2.75, 3.05) is 19.7 Å². The smallest absolute Gasteiger partial charge is 1.00 e. The van der Waals surface area contributed by atoms with Crippen molar-refractivity contribution in [2.24, 2.45) is 4.99 Å². The monoisotopic (exact) mass is 396 g/mol. The molecule has 0 fully saturated rings. The van der Waals surface area contributed by atoms with E-state index in [9.17, 15) is 0 Å². The molecule has 0 radical (unpaired) electrons. The minimum absolute atomic E-state index is 0. The number of fused-ring (bicyclic) bond motifs is 1. The molecule has 0 saturated heterocycles. The number of aliphatic imine (C=N–C) groups is 1. The average Bonchev–Trinajstić information content (AvgIpc) is 2.68. The maximum Gasteiger partial charge on any atom is 1.00 e. The molecule has 1 aromatic rings. The Kier molecular flexibility index (Phi) is 8.34. The van der Waals surface area contributed by atoms with Crippen molar-refractivity contribution in [3.8, 4) is 5.75 Å². The Hall–Kier alpha value is -1.35. The van der Waals surface area contributed by atoms with Crippen LogP contribution >= 0.6 is 23.2 Å². The minimum Gasteiger partial charge on any atom is -1.00 e. The quantitative estimate of drug-likeness (QED) is 0.440. The van der Waals surface area contributed by atoms with Gasteiger partial charge in [-0.1, -0.05) is 29.8 Å². The van der Waals surface area contributed by atoms with Crippen LogP contribution in [0.5, 0.6) is 5.75 Å². The van der Waals surface area contributed by atoms with Gasteiger partial charge in [-0.05, 0) is 54.2 Å². The first kappa shape index (κ1) is 21.9. The third-order valence-corrected chi connectivity index (χ3v) is 4.94. The molecule has 1 atom stereocenters. The average molecular weight is 397 g/mol. The van der Waals surface area contributed by atoms with Gasteiger partial charge in [0, 0.05) is 11.1 Å². The maximum atomic E-state index is 7.30. The number of hydrogen-bond donors (Lipinski definition) is 2. The predicted octanol–water partition coefficient (Wildman–Crippen LogP) is 0.893. The first-order chi connectivity index (χ1) is 12.6. The van der Waals surface area contributed by atoms with E-state index in [0.717, 1.165) is 53.8 Å². The molecular formula is C19H19Cl2LiN4O-2. The van der Waals surface area contributed by atoms with Crippen molar-refractivity contribution >= 4 is 41.8 Å². The predicted molar refractivity (Wildman–Crippen MR) is 106 cm³/mol. The second kappa shape index (κ2) is 10.3. The van der Waals surface area contributed by atoms with Crippen LogP contribution in [0.3, 0.4) is 0 Å².